The quantitative estimate of drug-likeness (QED) is 0.836. The van der Waals surface area contributed by atoms with E-state index in [0.717, 1.165) is 6.42 Å². The predicted molar refractivity (Wildman–Crippen MR) is 64.8 cm³/mol. The smallest absolute Gasteiger partial charge is 0.201 e. The third kappa shape index (κ3) is 3.06. The number of nitrogens with two attached hydrogens (primary N) is 1. The molecule has 0 aliphatic carbocycles. The molecule has 0 heterocycles. The number of benzene rings is 1. The van der Waals surface area contributed by atoms with Crippen molar-refractivity contribution in [3.05, 3.63) is 27.7 Å². The lowest BCUT2D eigenvalue weighted by Gasteiger charge is -2.14. The van der Waals surface area contributed by atoms with E-state index in [-0.39, 0.29) is 22.4 Å². The van der Waals surface area contributed by atoms with Crippen LogP contribution in [0.1, 0.15) is 31.4 Å². The lowest BCUT2D eigenvalue weighted by Crippen LogP contribution is -2.11. The Morgan fingerprint density at radius 2 is 2.00 bits per heavy atom. The van der Waals surface area contributed by atoms with Crippen LogP contribution in [0.5, 0.6) is 5.75 Å². The first-order valence-corrected chi connectivity index (χ1v) is 5.40. The molecule has 0 spiro atoms. The first-order chi connectivity index (χ1) is 6.99. The number of rotatable bonds is 3. The first-order valence-electron chi connectivity index (χ1n) is 4.61. The van der Waals surface area contributed by atoms with Crippen molar-refractivity contribution in [3.63, 3.8) is 0 Å². The van der Waals surface area contributed by atoms with E-state index in [0.29, 0.717) is 6.42 Å². The Kier molecular flexibility index (Phi) is 6.22. The van der Waals surface area contributed by atoms with E-state index in [2.05, 4.69) is 15.9 Å². The molecule has 0 saturated carbocycles. The Labute approximate surface area is 107 Å². The maximum absolute atomic E-state index is 13.1. The Bertz CT molecular complexity index is 376. The molecule has 1 atom stereocenters. The van der Waals surface area contributed by atoms with Crippen LogP contribution >= 0.6 is 28.3 Å². The lowest BCUT2D eigenvalue weighted by molar-refractivity contribution is 0.394. The maximum atomic E-state index is 13.1. The van der Waals surface area contributed by atoms with Crippen LogP contribution in [0.4, 0.5) is 8.78 Å². The van der Waals surface area contributed by atoms with Gasteiger partial charge in [0.1, 0.15) is 0 Å². The first kappa shape index (κ1) is 15.6. The van der Waals surface area contributed by atoms with Gasteiger partial charge in [-0.15, -0.1) is 12.4 Å². The van der Waals surface area contributed by atoms with Crippen LogP contribution < -0.4 is 5.73 Å². The minimum absolute atomic E-state index is 0. The second-order valence-electron chi connectivity index (χ2n) is 3.32. The molecule has 6 heteroatoms. The zero-order valence-electron chi connectivity index (χ0n) is 8.64. The zero-order chi connectivity index (χ0) is 11.6. The Morgan fingerprint density at radius 1 is 1.44 bits per heavy atom. The molecule has 1 rings (SSSR count). The maximum Gasteiger partial charge on any atom is 0.201 e. The summed E-state index contributed by atoms with van der Waals surface area (Å²) in [6, 6.07) is 0.829. The summed E-state index contributed by atoms with van der Waals surface area (Å²) in [6.45, 7) is 1.92. The fraction of sp³-hybridized carbons (Fsp3) is 0.400. The average Bonchev–Trinajstić information content (AvgIpc) is 2.20. The molecule has 92 valence electrons. The van der Waals surface area contributed by atoms with Crippen LogP contribution in [0, 0.1) is 11.6 Å². The summed E-state index contributed by atoms with van der Waals surface area (Å²) < 4.78 is 26.1. The zero-order valence-corrected chi connectivity index (χ0v) is 11.0. The molecule has 0 unspecified atom stereocenters. The minimum atomic E-state index is -1.26. The van der Waals surface area contributed by atoms with Gasteiger partial charge in [-0.1, -0.05) is 13.3 Å². The molecule has 0 aliphatic rings. The number of hydrogen-bond acceptors (Lipinski definition) is 2. The normalized spacial score (nSPS) is 12.1. The van der Waals surface area contributed by atoms with Gasteiger partial charge in [0.2, 0.25) is 5.82 Å². The van der Waals surface area contributed by atoms with Crippen LogP contribution in [0.3, 0.4) is 0 Å². The average molecular weight is 317 g/mol. The Hall–Kier alpha value is -0.390. The largest absolute Gasteiger partial charge is 0.505 e. The number of aromatic hydroxyl groups is 1. The fourth-order valence-electron chi connectivity index (χ4n) is 1.35. The predicted octanol–water partition coefficient (Wildman–Crippen LogP) is 3.65. The van der Waals surface area contributed by atoms with E-state index in [9.17, 15) is 13.9 Å². The van der Waals surface area contributed by atoms with Crippen molar-refractivity contribution in [1.29, 1.82) is 0 Å². The van der Waals surface area contributed by atoms with Gasteiger partial charge >= 0.3 is 0 Å². The van der Waals surface area contributed by atoms with Gasteiger partial charge in [0.15, 0.2) is 11.6 Å². The van der Waals surface area contributed by atoms with Crippen LogP contribution in [0.15, 0.2) is 10.5 Å². The van der Waals surface area contributed by atoms with Crippen molar-refractivity contribution < 1.29 is 13.9 Å². The number of hydrogen-bond donors (Lipinski definition) is 2. The van der Waals surface area contributed by atoms with Gasteiger partial charge in [-0.05, 0) is 28.4 Å². The number of halogens is 4. The number of phenols is 1. The molecule has 16 heavy (non-hydrogen) atoms. The molecular weight excluding hydrogens is 303 g/mol. The third-order valence-corrected chi connectivity index (χ3v) is 2.74. The van der Waals surface area contributed by atoms with E-state index in [1.807, 2.05) is 6.92 Å². The molecule has 0 fully saturated rings. The van der Waals surface area contributed by atoms with Gasteiger partial charge in [-0.3, -0.25) is 0 Å². The van der Waals surface area contributed by atoms with E-state index in [1.54, 1.807) is 0 Å². The van der Waals surface area contributed by atoms with Crippen molar-refractivity contribution in [1.82, 2.24) is 0 Å². The molecule has 0 radical (unpaired) electrons. The SMILES string of the molecule is CCC[C@H](N)c1cc(Br)c(F)c(F)c1O.Cl. The minimum Gasteiger partial charge on any atom is -0.505 e. The van der Waals surface area contributed by atoms with Gasteiger partial charge in [-0.2, -0.15) is 4.39 Å². The highest BCUT2D eigenvalue weighted by Gasteiger charge is 2.19. The van der Waals surface area contributed by atoms with Gasteiger partial charge in [-0.25, -0.2) is 4.39 Å². The van der Waals surface area contributed by atoms with Crippen molar-refractivity contribution >= 4 is 28.3 Å². The molecular formula is C10H13BrClF2NO. The Balaban J connectivity index is 0.00000225. The van der Waals surface area contributed by atoms with Crippen molar-refractivity contribution in [2.75, 3.05) is 0 Å². The second kappa shape index (κ2) is 6.37. The van der Waals surface area contributed by atoms with E-state index < -0.39 is 23.4 Å². The highest BCUT2D eigenvalue weighted by Crippen LogP contribution is 2.33. The van der Waals surface area contributed by atoms with Gasteiger partial charge in [0, 0.05) is 11.6 Å². The van der Waals surface area contributed by atoms with E-state index in [4.69, 9.17) is 5.73 Å². The highest BCUT2D eigenvalue weighted by atomic mass is 79.9. The summed E-state index contributed by atoms with van der Waals surface area (Å²) in [5.41, 5.74) is 5.95. The molecule has 0 aromatic heterocycles. The summed E-state index contributed by atoms with van der Waals surface area (Å²) in [5.74, 6) is -3.05. The van der Waals surface area contributed by atoms with Crippen LogP contribution in [-0.4, -0.2) is 5.11 Å². The van der Waals surface area contributed by atoms with E-state index >= 15 is 0 Å². The summed E-state index contributed by atoms with van der Waals surface area (Å²) in [5, 5.41) is 9.38. The van der Waals surface area contributed by atoms with E-state index in [1.165, 1.54) is 6.07 Å². The van der Waals surface area contributed by atoms with Crippen molar-refractivity contribution in [2.24, 2.45) is 5.73 Å². The Morgan fingerprint density at radius 3 is 2.50 bits per heavy atom. The summed E-state index contributed by atoms with van der Waals surface area (Å²) in [6.07, 6.45) is 1.41. The van der Waals surface area contributed by atoms with Crippen LogP contribution in [0.2, 0.25) is 0 Å². The molecule has 0 aliphatic heterocycles. The molecule has 0 amide bonds. The fourth-order valence-corrected chi connectivity index (χ4v) is 1.77. The van der Waals surface area contributed by atoms with Gasteiger partial charge < -0.3 is 10.8 Å². The molecule has 0 bridgehead atoms. The molecule has 1 aromatic carbocycles. The van der Waals surface area contributed by atoms with Gasteiger partial charge in [0.05, 0.1) is 4.47 Å². The third-order valence-electron chi connectivity index (χ3n) is 2.17. The van der Waals surface area contributed by atoms with Crippen molar-refractivity contribution in [2.45, 2.75) is 25.8 Å². The summed E-state index contributed by atoms with van der Waals surface area (Å²) >= 11 is 2.87. The molecule has 1 aromatic rings. The highest BCUT2D eigenvalue weighted by molar-refractivity contribution is 9.10. The van der Waals surface area contributed by atoms with Crippen LogP contribution in [0.25, 0.3) is 0 Å². The van der Waals surface area contributed by atoms with Gasteiger partial charge in [0.25, 0.3) is 0 Å². The molecule has 2 nitrogen and oxygen atoms in total. The number of phenolic OH excluding ortho intramolecular Hbond substituents is 1. The van der Waals surface area contributed by atoms with Crippen molar-refractivity contribution in [3.8, 4) is 5.75 Å². The summed E-state index contributed by atoms with van der Waals surface area (Å²) in [4.78, 5) is 0. The monoisotopic (exact) mass is 315 g/mol. The molecule has 0 saturated heterocycles. The lowest BCUT2D eigenvalue weighted by atomic mass is 10.0. The van der Waals surface area contributed by atoms with Crippen LogP contribution in [-0.2, 0) is 0 Å². The molecule has 3 N–H and O–H groups in total. The topological polar surface area (TPSA) is 46.2 Å². The standard InChI is InChI=1S/C10H12BrF2NO.ClH/c1-2-3-7(14)5-4-6(11)8(12)9(13)10(5)15;/h4,7,15H,2-3,14H2,1H3;1H/t7-;/m0./s1. The second-order valence-corrected chi connectivity index (χ2v) is 4.17. The summed E-state index contributed by atoms with van der Waals surface area (Å²) in [7, 11) is 0.